The van der Waals surface area contributed by atoms with Gasteiger partial charge in [-0.25, -0.2) is 0 Å². The predicted octanol–water partition coefficient (Wildman–Crippen LogP) is 1.75. The smallest absolute Gasteiger partial charge is 0.257 e. The summed E-state index contributed by atoms with van der Waals surface area (Å²) in [6.45, 7) is 4.57. The average molecular weight is 342 g/mol. The predicted molar refractivity (Wildman–Crippen MR) is 93.0 cm³/mol. The number of likely N-dealkylation sites (N-methyl/N-ethyl adjacent to an activating group) is 1. The molecule has 2 amide bonds. The van der Waals surface area contributed by atoms with Crippen LogP contribution in [0.15, 0.2) is 36.5 Å². The first-order chi connectivity index (χ1) is 12.0. The van der Waals surface area contributed by atoms with Crippen molar-refractivity contribution >= 4 is 17.6 Å². The number of carbonyl (C=O) groups is 2. The first-order valence-corrected chi connectivity index (χ1v) is 8.27. The van der Waals surface area contributed by atoms with Gasteiger partial charge in [-0.2, -0.15) is 5.10 Å². The molecule has 2 unspecified atom stereocenters. The van der Waals surface area contributed by atoms with E-state index in [-0.39, 0.29) is 18.4 Å². The second kappa shape index (κ2) is 7.06. The van der Waals surface area contributed by atoms with Gasteiger partial charge in [0.05, 0.1) is 6.04 Å². The van der Waals surface area contributed by atoms with Gasteiger partial charge in [-0.05, 0) is 19.4 Å². The lowest BCUT2D eigenvalue weighted by Crippen LogP contribution is -2.51. The van der Waals surface area contributed by atoms with Gasteiger partial charge in [0.2, 0.25) is 5.91 Å². The highest BCUT2D eigenvalue weighted by Crippen LogP contribution is 2.30. The molecule has 2 aromatic rings. The van der Waals surface area contributed by atoms with Crippen LogP contribution in [0.1, 0.15) is 24.1 Å². The van der Waals surface area contributed by atoms with Crippen LogP contribution in [0.4, 0.5) is 5.82 Å². The second-order valence-electron chi connectivity index (χ2n) is 6.14. The third-order valence-corrected chi connectivity index (χ3v) is 4.38. The van der Waals surface area contributed by atoms with Crippen LogP contribution < -0.4 is 5.32 Å². The molecule has 7 heteroatoms. The summed E-state index contributed by atoms with van der Waals surface area (Å²) in [4.78, 5) is 26.4. The highest BCUT2D eigenvalue weighted by Gasteiger charge is 2.40. The van der Waals surface area contributed by atoms with Gasteiger partial charge in [-0.3, -0.25) is 14.3 Å². The van der Waals surface area contributed by atoms with Crippen LogP contribution in [0.5, 0.6) is 0 Å². The largest absolute Gasteiger partial charge is 0.356 e. The Morgan fingerprint density at radius 2 is 2.04 bits per heavy atom. The zero-order chi connectivity index (χ0) is 18.0. The van der Waals surface area contributed by atoms with Crippen LogP contribution >= 0.6 is 0 Å². The van der Waals surface area contributed by atoms with Crippen molar-refractivity contribution in [3.05, 3.63) is 47.7 Å². The Balaban J connectivity index is 1.84. The van der Waals surface area contributed by atoms with Gasteiger partial charge in [-0.15, -0.1) is 0 Å². The van der Waals surface area contributed by atoms with E-state index >= 15 is 0 Å². The summed E-state index contributed by atoms with van der Waals surface area (Å²) >= 11 is 0. The number of nitrogens with zero attached hydrogens (tertiary/aromatic N) is 3. The number of rotatable bonds is 4. The van der Waals surface area contributed by atoms with Crippen LogP contribution in [0.2, 0.25) is 0 Å². The molecule has 2 heterocycles. The van der Waals surface area contributed by atoms with E-state index in [0.717, 1.165) is 17.7 Å². The summed E-state index contributed by atoms with van der Waals surface area (Å²) in [7, 11) is 1.70. The van der Waals surface area contributed by atoms with Crippen molar-refractivity contribution in [1.82, 2.24) is 14.7 Å². The molecule has 1 aliphatic heterocycles. The van der Waals surface area contributed by atoms with Gasteiger partial charge < -0.3 is 15.0 Å². The quantitative estimate of drug-likeness (QED) is 0.918. The lowest BCUT2D eigenvalue weighted by molar-refractivity contribution is -0.160. The van der Waals surface area contributed by atoms with Crippen molar-refractivity contribution in [1.29, 1.82) is 0 Å². The lowest BCUT2D eigenvalue weighted by Gasteiger charge is -2.38. The van der Waals surface area contributed by atoms with Gasteiger partial charge in [0.15, 0.2) is 11.9 Å². The van der Waals surface area contributed by atoms with Gasteiger partial charge in [-0.1, -0.05) is 29.8 Å². The monoisotopic (exact) mass is 342 g/mol. The van der Waals surface area contributed by atoms with Crippen LogP contribution in [0, 0.1) is 6.92 Å². The van der Waals surface area contributed by atoms with Gasteiger partial charge in [0.1, 0.15) is 6.61 Å². The van der Waals surface area contributed by atoms with Gasteiger partial charge in [0, 0.05) is 25.9 Å². The number of hydrogen-bond acceptors (Lipinski definition) is 4. The summed E-state index contributed by atoms with van der Waals surface area (Å²) < 4.78 is 7.31. The van der Waals surface area contributed by atoms with Gasteiger partial charge in [0.25, 0.3) is 5.91 Å². The van der Waals surface area contributed by atoms with Crippen LogP contribution in [-0.2, 0) is 20.9 Å². The van der Waals surface area contributed by atoms with Crippen molar-refractivity contribution in [2.75, 3.05) is 19.0 Å². The van der Waals surface area contributed by atoms with Crippen molar-refractivity contribution in [2.24, 2.45) is 0 Å². The molecule has 2 atom stereocenters. The molecule has 0 spiro atoms. The molecular formula is C18H22N4O3. The van der Waals surface area contributed by atoms with Crippen LogP contribution in [-0.4, -0.2) is 46.3 Å². The Morgan fingerprint density at radius 3 is 2.68 bits per heavy atom. The van der Waals surface area contributed by atoms with Crippen LogP contribution in [0.25, 0.3) is 0 Å². The Kier molecular flexibility index (Phi) is 4.85. The number of nitrogens with one attached hydrogen (secondary N) is 1. The molecule has 0 saturated carbocycles. The van der Waals surface area contributed by atoms with E-state index in [4.69, 9.17) is 4.74 Å². The number of aromatic nitrogens is 2. The van der Waals surface area contributed by atoms with Crippen molar-refractivity contribution < 1.29 is 14.3 Å². The first kappa shape index (κ1) is 17.2. The molecule has 1 aromatic heterocycles. The number of amides is 2. The van der Waals surface area contributed by atoms with Crippen LogP contribution in [0.3, 0.4) is 0 Å². The molecule has 1 aromatic carbocycles. The minimum absolute atomic E-state index is 0.111. The number of ether oxygens (including phenoxy) is 1. The summed E-state index contributed by atoms with van der Waals surface area (Å²) in [5.41, 5.74) is 1.97. The van der Waals surface area contributed by atoms with E-state index in [1.807, 2.05) is 38.1 Å². The fourth-order valence-electron chi connectivity index (χ4n) is 2.90. The van der Waals surface area contributed by atoms with E-state index in [0.29, 0.717) is 5.82 Å². The third kappa shape index (κ3) is 3.56. The molecule has 1 aliphatic rings. The number of morpholine rings is 1. The zero-order valence-corrected chi connectivity index (χ0v) is 14.6. The fraction of sp³-hybridized carbons (Fsp3) is 0.389. The molecule has 0 radical (unpaired) electrons. The molecule has 1 N–H and O–H groups in total. The topological polar surface area (TPSA) is 76.5 Å². The molecule has 3 rings (SSSR count). The highest BCUT2D eigenvalue weighted by molar-refractivity contribution is 5.95. The maximum absolute atomic E-state index is 12.7. The summed E-state index contributed by atoms with van der Waals surface area (Å²) in [5.74, 6) is 0.00817. The minimum atomic E-state index is -0.794. The average Bonchev–Trinajstić information content (AvgIpc) is 3.05. The standard InChI is InChI=1S/C18H22N4O3/c1-4-22-10-9-14(20-22)19-18(24)17-16(21(3)15(23)11-25-17)13-7-5-12(2)6-8-13/h5-10,16-17H,4,11H2,1-3H3,(H,19,20,24). The maximum atomic E-state index is 12.7. The molecule has 1 saturated heterocycles. The summed E-state index contributed by atoms with van der Waals surface area (Å²) in [6.07, 6.45) is 1.00. The lowest BCUT2D eigenvalue weighted by atomic mass is 9.97. The summed E-state index contributed by atoms with van der Waals surface area (Å²) in [6, 6.07) is 9.02. The number of carbonyl (C=O) groups excluding carboxylic acids is 2. The van der Waals surface area contributed by atoms with E-state index in [9.17, 15) is 9.59 Å². The Bertz CT molecular complexity index is 769. The minimum Gasteiger partial charge on any atom is -0.356 e. The van der Waals surface area contributed by atoms with Gasteiger partial charge >= 0.3 is 0 Å². The van der Waals surface area contributed by atoms with E-state index in [2.05, 4.69) is 10.4 Å². The Labute approximate surface area is 146 Å². The normalized spacial score (nSPS) is 20.6. The Hall–Kier alpha value is -2.67. The molecule has 7 nitrogen and oxygen atoms in total. The van der Waals surface area contributed by atoms with E-state index < -0.39 is 12.1 Å². The van der Waals surface area contributed by atoms with Crippen molar-refractivity contribution in [3.63, 3.8) is 0 Å². The first-order valence-electron chi connectivity index (χ1n) is 8.27. The molecule has 132 valence electrons. The fourth-order valence-corrected chi connectivity index (χ4v) is 2.90. The Morgan fingerprint density at radius 1 is 1.32 bits per heavy atom. The molecule has 0 bridgehead atoms. The number of anilines is 1. The van der Waals surface area contributed by atoms with E-state index in [1.54, 1.807) is 28.9 Å². The second-order valence-corrected chi connectivity index (χ2v) is 6.14. The number of benzene rings is 1. The maximum Gasteiger partial charge on any atom is 0.257 e. The number of aryl methyl sites for hydroxylation is 2. The molecule has 25 heavy (non-hydrogen) atoms. The highest BCUT2D eigenvalue weighted by atomic mass is 16.5. The third-order valence-electron chi connectivity index (χ3n) is 4.38. The van der Waals surface area contributed by atoms with Crippen molar-refractivity contribution in [2.45, 2.75) is 32.5 Å². The van der Waals surface area contributed by atoms with Crippen molar-refractivity contribution in [3.8, 4) is 0 Å². The van der Waals surface area contributed by atoms with E-state index in [1.165, 1.54) is 0 Å². The SMILES string of the molecule is CCn1ccc(NC(=O)C2OCC(=O)N(C)C2c2ccc(C)cc2)n1. The number of hydrogen-bond donors (Lipinski definition) is 1. The summed E-state index contributed by atoms with van der Waals surface area (Å²) in [5, 5.41) is 7.03. The molecular weight excluding hydrogens is 320 g/mol. The molecule has 0 aliphatic carbocycles. The zero-order valence-electron chi connectivity index (χ0n) is 14.6. The molecule has 1 fully saturated rings.